The van der Waals surface area contributed by atoms with Gasteiger partial charge in [0, 0.05) is 19.1 Å². The second-order valence-corrected chi connectivity index (χ2v) is 3.35. The zero-order valence-corrected chi connectivity index (χ0v) is 6.29. The van der Waals surface area contributed by atoms with E-state index < -0.39 is 0 Å². The van der Waals surface area contributed by atoms with Crippen molar-refractivity contribution >= 4 is 6.72 Å². The minimum Gasteiger partial charge on any atom is -0.298 e. The summed E-state index contributed by atoms with van der Waals surface area (Å²) >= 11 is 0. The third kappa shape index (κ3) is 1.08. The highest BCUT2D eigenvalue weighted by molar-refractivity contribution is 5.24. The zero-order valence-electron chi connectivity index (χ0n) is 6.29. The van der Waals surface area contributed by atoms with Crippen molar-refractivity contribution in [1.29, 1.82) is 0 Å². The highest BCUT2D eigenvalue weighted by Gasteiger charge is 2.33. The lowest BCUT2D eigenvalue weighted by Gasteiger charge is -2.12. The Hall–Kier alpha value is -0.370. The number of nitrogens with zero attached hydrogens (tertiary/aromatic N) is 2. The molecule has 2 heteroatoms. The fourth-order valence-electron chi connectivity index (χ4n) is 1.69. The normalized spacial score (nSPS) is 34.6. The Morgan fingerprint density at radius 1 is 1.30 bits per heavy atom. The first-order valence-electron chi connectivity index (χ1n) is 4.10. The van der Waals surface area contributed by atoms with E-state index in [0.717, 1.165) is 6.04 Å². The van der Waals surface area contributed by atoms with Crippen LogP contribution in [0.1, 0.15) is 19.3 Å². The fourth-order valence-corrected chi connectivity index (χ4v) is 1.69. The van der Waals surface area contributed by atoms with Gasteiger partial charge in [-0.15, -0.1) is 0 Å². The molecular formula is C8H14N2. The van der Waals surface area contributed by atoms with E-state index in [0.29, 0.717) is 6.04 Å². The Balaban J connectivity index is 1.86. The first-order chi connectivity index (χ1) is 4.90. The van der Waals surface area contributed by atoms with E-state index >= 15 is 0 Å². The summed E-state index contributed by atoms with van der Waals surface area (Å²) in [5, 5.41) is 0. The Kier molecular flexibility index (Phi) is 1.49. The van der Waals surface area contributed by atoms with Gasteiger partial charge in [0.15, 0.2) is 0 Å². The lowest BCUT2D eigenvalue weighted by molar-refractivity contribution is 0.324. The summed E-state index contributed by atoms with van der Waals surface area (Å²) in [7, 11) is 0. The Morgan fingerprint density at radius 2 is 2.10 bits per heavy atom. The van der Waals surface area contributed by atoms with Gasteiger partial charge in [-0.25, -0.2) is 0 Å². The molecule has 2 fully saturated rings. The average molecular weight is 138 g/mol. The molecule has 2 nitrogen and oxygen atoms in total. The van der Waals surface area contributed by atoms with E-state index in [2.05, 4.69) is 16.6 Å². The minimum atomic E-state index is 0.542. The van der Waals surface area contributed by atoms with Crippen LogP contribution in [0.3, 0.4) is 0 Å². The summed E-state index contributed by atoms with van der Waals surface area (Å²) in [6.07, 6.45) is 4.08. The van der Waals surface area contributed by atoms with E-state index in [1.165, 1.54) is 32.4 Å². The van der Waals surface area contributed by atoms with Gasteiger partial charge in [0.05, 0.1) is 6.04 Å². The van der Waals surface area contributed by atoms with Crippen LogP contribution >= 0.6 is 0 Å². The number of likely N-dealkylation sites (tertiary alicyclic amines) is 1. The topological polar surface area (TPSA) is 15.6 Å². The highest BCUT2D eigenvalue weighted by Crippen LogP contribution is 2.30. The van der Waals surface area contributed by atoms with E-state index in [9.17, 15) is 0 Å². The third-order valence-corrected chi connectivity index (χ3v) is 2.52. The molecule has 0 bridgehead atoms. The molecule has 56 valence electrons. The second-order valence-electron chi connectivity index (χ2n) is 3.35. The van der Waals surface area contributed by atoms with Gasteiger partial charge in [0.25, 0.3) is 0 Å². The fraction of sp³-hybridized carbons (Fsp3) is 0.875. The largest absolute Gasteiger partial charge is 0.298 e. The molecule has 1 aliphatic carbocycles. The van der Waals surface area contributed by atoms with Crippen LogP contribution in [0, 0.1) is 0 Å². The number of hydrogen-bond acceptors (Lipinski definition) is 2. The predicted molar refractivity (Wildman–Crippen MR) is 42.5 cm³/mol. The molecule has 0 aromatic rings. The highest BCUT2D eigenvalue weighted by atomic mass is 15.2. The van der Waals surface area contributed by atoms with Crippen LogP contribution in [-0.2, 0) is 0 Å². The molecule has 0 aromatic heterocycles. The molecule has 1 atom stereocenters. The van der Waals surface area contributed by atoms with Crippen molar-refractivity contribution in [2.75, 3.05) is 13.1 Å². The Labute approximate surface area is 61.9 Å². The van der Waals surface area contributed by atoms with Gasteiger partial charge < -0.3 is 0 Å². The molecule has 1 heterocycles. The smallest absolute Gasteiger partial charge is 0.0631 e. The van der Waals surface area contributed by atoms with Gasteiger partial charge in [0.2, 0.25) is 0 Å². The van der Waals surface area contributed by atoms with Gasteiger partial charge in [-0.1, -0.05) is 0 Å². The molecule has 10 heavy (non-hydrogen) atoms. The maximum atomic E-state index is 4.06. The molecule has 0 aromatic carbocycles. The first kappa shape index (κ1) is 6.35. The molecule has 0 amide bonds. The molecule has 1 aliphatic heterocycles. The SMILES string of the molecule is C=NC1CCN(C2CC2)C1. The predicted octanol–water partition coefficient (Wildman–Crippen LogP) is 0.924. The molecule has 0 radical (unpaired) electrons. The van der Waals surface area contributed by atoms with E-state index in [4.69, 9.17) is 0 Å². The van der Waals surface area contributed by atoms with Crippen molar-refractivity contribution in [2.45, 2.75) is 31.3 Å². The molecule has 1 unspecified atom stereocenters. The molecule has 1 saturated heterocycles. The molecule has 0 spiro atoms. The van der Waals surface area contributed by atoms with Crippen LogP contribution in [0.25, 0.3) is 0 Å². The van der Waals surface area contributed by atoms with Crippen molar-refractivity contribution in [3.8, 4) is 0 Å². The van der Waals surface area contributed by atoms with Gasteiger partial charge >= 0.3 is 0 Å². The maximum Gasteiger partial charge on any atom is 0.0631 e. The van der Waals surface area contributed by atoms with Crippen LogP contribution in [-0.4, -0.2) is 36.8 Å². The summed E-state index contributed by atoms with van der Waals surface area (Å²) in [5.74, 6) is 0. The van der Waals surface area contributed by atoms with Crippen molar-refractivity contribution in [1.82, 2.24) is 4.90 Å². The van der Waals surface area contributed by atoms with E-state index in [1.54, 1.807) is 0 Å². The van der Waals surface area contributed by atoms with E-state index in [1.807, 2.05) is 0 Å². The standard InChI is InChI=1S/C8H14N2/c1-9-7-4-5-10(6-7)8-2-3-8/h7-8H,1-6H2. The van der Waals surface area contributed by atoms with Crippen LogP contribution in [0.15, 0.2) is 4.99 Å². The zero-order chi connectivity index (χ0) is 6.97. The van der Waals surface area contributed by atoms with Crippen molar-refractivity contribution in [3.63, 3.8) is 0 Å². The van der Waals surface area contributed by atoms with Crippen molar-refractivity contribution in [2.24, 2.45) is 4.99 Å². The molecule has 2 rings (SSSR count). The minimum absolute atomic E-state index is 0.542. The number of aliphatic imine (C=N–C) groups is 1. The van der Waals surface area contributed by atoms with Gasteiger partial charge in [0.1, 0.15) is 0 Å². The number of rotatable bonds is 2. The summed E-state index contributed by atoms with van der Waals surface area (Å²) in [6.45, 7) is 6.01. The summed E-state index contributed by atoms with van der Waals surface area (Å²) < 4.78 is 0. The molecular weight excluding hydrogens is 124 g/mol. The van der Waals surface area contributed by atoms with Gasteiger partial charge in [-0.2, -0.15) is 0 Å². The van der Waals surface area contributed by atoms with Gasteiger partial charge in [-0.05, 0) is 26.0 Å². The summed E-state index contributed by atoms with van der Waals surface area (Å²) in [5.41, 5.74) is 0. The maximum absolute atomic E-state index is 4.06. The van der Waals surface area contributed by atoms with Crippen molar-refractivity contribution < 1.29 is 0 Å². The monoisotopic (exact) mass is 138 g/mol. The molecule has 2 aliphatic rings. The van der Waals surface area contributed by atoms with E-state index in [-0.39, 0.29) is 0 Å². The molecule has 1 saturated carbocycles. The van der Waals surface area contributed by atoms with Crippen LogP contribution < -0.4 is 0 Å². The van der Waals surface area contributed by atoms with Gasteiger partial charge in [-0.3, -0.25) is 9.89 Å². The Bertz CT molecular complexity index is 140. The first-order valence-corrected chi connectivity index (χ1v) is 4.10. The Morgan fingerprint density at radius 3 is 2.60 bits per heavy atom. The lowest BCUT2D eigenvalue weighted by Crippen LogP contribution is -2.23. The van der Waals surface area contributed by atoms with Crippen LogP contribution in [0.5, 0.6) is 0 Å². The quantitative estimate of drug-likeness (QED) is 0.518. The summed E-state index contributed by atoms with van der Waals surface area (Å²) in [6, 6.07) is 1.47. The third-order valence-electron chi connectivity index (χ3n) is 2.52. The van der Waals surface area contributed by atoms with Crippen molar-refractivity contribution in [3.05, 3.63) is 0 Å². The summed E-state index contributed by atoms with van der Waals surface area (Å²) in [4.78, 5) is 6.61. The lowest BCUT2D eigenvalue weighted by atomic mass is 10.3. The number of hydrogen-bond donors (Lipinski definition) is 0. The van der Waals surface area contributed by atoms with Crippen LogP contribution in [0.4, 0.5) is 0 Å². The average Bonchev–Trinajstić information content (AvgIpc) is 2.70. The molecule has 0 N–H and O–H groups in total. The van der Waals surface area contributed by atoms with Crippen LogP contribution in [0.2, 0.25) is 0 Å². The second kappa shape index (κ2) is 2.35.